The predicted molar refractivity (Wildman–Crippen MR) is 538 cm³/mol. The highest BCUT2D eigenvalue weighted by Crippen LogP contribution is 2.44. The van der Waals surface area contributed by atoms with Crippen LogP contribution in [0.3, 0.4) is 0 Å². The minimum absolute atomic E-state index is 0.729. The molecule has 0 N–H and O–H groups in total. The van der Waals surface area contributed by atoms with E-state index in [9.17, 15) is 0 Å². The molecule has 9 nitrogen and oxygen atoms in total. The fourth-order valence-corrected chi connectivity index (χ4v) is 19.1. The number of hydrogen-bond acceptors (Lipinski definition) is 10. The van der Waals surface area contributed by atoms with Crippen LogP contribution in [0, 0.1) is 0 Å². The van der Waals surface area contributed by atoms with Crippen molar-refractivity contribution >= 4 is 119 Å². The van der Waals surface area contributed by atoms with Crippen LogP contribution in [0.4, 0.5) is 0 Å². The van der Waals surface area contributed by atoms with Crippen molar-refractivity contribution in [1.29, 1.82) is 0 Å². The molecule has 0 fully saturated rings. The van der Waals surface area contributed by atoms with Crippen LogP contribution in [-0.2, 0) is 0 Å². The fourth-order valence-electron chi connectivity index (χ4n) is 18.0. The Morgan fingerprint density at radius 3 is 0.961 bits per heavy atom. The van der Waals surface area contributed by atoms with Crippen LogP contribution in [0.1, 0.15) is 0 Å². The molecule has 25 rings (SSSR count). The third kappa shape index (κ3) is 14.8. The van der Waals surface area contributed by atoms with Crippen LogP contribution in [0.25, 0.3) is 242 Å². The zero-order valence-corrected chi connectivity index (χ0v) is 70.6. The van der Waals surface area contributed by atoms with Crippen LogP contribution < -0.4 is 0 Å². The van der Waals surface area contributed by atoms with E-state index < -0.39 is 0 Å². The van der Waals surface area contributed by atoms with E-state index in [4.69, 9.17) is 29.9 Å². The first-order chi connectivity index (χ1) is 63.9. The maximum absolute atomic E-state index is 5.12. The Bertz CT molecular complexity index is 8570. The summed E-state index contributed by atoms with van der Waals surface area (Å²) in [7, 11) is 0. The fraction of sp³-hybridized carbons (Fsp3) is 0. The molecule has 18 aromatic carbocycles. The van der Waals surface area contributed by atoms with E-state index in [1.54, 1.807) is 11.3 Å². The lowest BCUT2D eigenvalue weighted by Gasteiger charge is -2.12. The normalized spacial score (nSPS) is 11.4. The van der Waals surface area contributed by atoms with Crippen molar-refractivity contribution in [3.63, 3.8) is 0 Å². The molecule has 0 atom stereocenters. The summed E-state index contributed by atoms with van der Waals surface area (Å²) in [6.45, 7) is 0. The highest BCUT2D eigenvalue weighted by molar-refractivity contribution is 7.26. The molecule has 0 bridgehead atoms. The number of rotatable bonds is 12. The quantitative estimate of drug-likeness (QED) is 0.110. The van der Waals surface area contributed by atoms with Gasteiger partial charge in [-0.25, -0.2) is 29.9 Å². The van der Waals surface area contributed by atoms with E-state index >= 15 is 0 Å². The molecule has 0 radical (unpaired) electrons. The van der Waals surface area contributed by atoms with E-state index in [2.05, 4.69) is 355 Å². The zero-order chi connectivity index (χ0) is 85.5. The number of para-hydroxylation sites is 3. The monoisotopic (exact) mass is 1660 g/mol. The second-order valence-electron chi connectivity index (χ2n) is 32.2. The summed E-state index contributed by atoms with van der Waals surface area (Å²) < 4.78 is 2.35. The maximum Gasteiger partial charge on any atom is 0.160 e. The van der Waals surface area contributed by atoms with Gasteiger partial charge < -0.3 is 0 Å². The van der Waals surface area contributed by atoms with Crippen LogP contribution in [0.15, 0.2) is 455 Å². The van der Waals surface area contributed by atoms with Crippen molar-refractivity contribution in [2.75, 3.05) is 0 Å². The van der Waals surface area contributed by atoms with Gasteiger partial charge in [-0.2, -0.15) is 0 Å². The summed E-state index contributed by atoms with van der Waals surface area (Å²) in [6, 6.07) is 153. The molecule has 7 heterocycles. The first-order valence-corrected chi connectivity index (χ1v) is 44.1. The number of aromatic nitrogens is 9. The van der Waals surface area contributed by atoms with Gasteiger partial charge in [0.25, 0.3) is 0 Å². The van der Waals surface area contributed by atoms with E-state index in [0.29, 0.717) is 0 Å². The van der Waals surface area contributed by atoms with E-state index in [0.717, 1.165) is 155 Å². The highest BCUT2D eigenvalue weighted by Gasteiger charge is 2.21. The van der Waals surface area contributed by atoms with Crippen LogP contribution in [-0.4, -0.2) is 44.9 Å². The molecule has 0 aliphatic carbocycles. The lowest BCUT2D eigenvalue weighted by atomic mass is 9.94. The third-order valence-electron chi connectivity index (χ3n) is 24.4. The van der Waals surface area contributed by atoms with E-state index in [1.807, 2.05) is 116 Å². The Hall–Kier alpha value is -17.1. The summed E-state index contributed by atoms with van der Waals surface area (Å²) >= 11 is 1.76. The van der Waals surface area contributed by atoms with Gasteiger partial charge in [-0.15, -0.1) is 11.3 Å². The van der Waals surface area contributed by atoms with Gasteiger partial charge in [-0.05, 0) is 131 Å². The van der Waals surface area contributed by atoms with E-state index in [-0.39, 0.29) is 0 Å². The molecule has 0 saturated heterocycles. The molecule has 0 unspecified atom stereocenters. The second kappa shape index (κ2) is 33.5. The molecular weight excluding hydrogens is 1590 g/mol. The molecule has 0 saturated carbocycles. The first-order valence-electron chi connectivity index (χ1n) is 43.3. The van der Waals surface area contributed by atoms with Gasteiger partial charge in [-0.1, -0.05) is 388 Å². The van der Waals surface area contributed by atoms with Crippen LogP contribution in [0.5, 0.6) is 0 Å². The van der Waals surface area contributed by atoms with Crippen molar-refractivity contribution in [2.45, 2.75) is 0 Å². The molecule has 0 aliphatic heterocycles. The Kier molecular flexibility index (Phi) is 20.0. The van der Waals surface area contributed by atoms with Gasteiger partial charge in [-0.3, -0.25) is 15.0 Å². The molecule has 0 aliphatic rings. The summed E-state index contributed by atoms with van der Waals surface area (Å²) in [4.78, 5) is 44.3. The third-order valence-corrected chi connectivity index (χ3v) is 25.6. The summed E-state index contributed by atoms with van der Waals surface area (Å²) in [5.41, 5.74) is 31.0. The molecule has 25 aromatic rings. The Morgan fingerprint density at radius 2 is 0.496 bits per heavy atom. The topological polar surface area (TPSA) is 116 Å². The molecule has 129 heavy (non-hydrogen) atoms. The molecular formula is C119H75N9S. The average molecular weight is 1660 g/mol. The van der Waals surface area contributed by atoms with Crippen molar-refractivity contribution in [3.05, 3.63) is 455 Å². The molecule has 0 amide bonds. The largest absolute Gasteiger partial charge is 0.256 e. The number of nitrogens with zero attached hydrogens (tertiary/aromatic N) is 9. The lowest BCUT2D eigenvalue weighted by Crippen LogP contribution is -1.95. The van der Waals surface area contributed by atoms with Gasteiger partial charge in [0.2, 0.25) is 0 Å². The highest BCUT2D eigenvalue weighted by atomic mass is 32.1. The number of fused-ring (bicyclic) bond motifs is 14. The van der Waals surface area contributed by atoms with Gasteiger partial charge in [0, 0.05) is 99.8 Å². The number of pyridine rings is 3. The van der Waals surface area contributed by atoms with Gasteiger partial charge >= 0.3 is 0 Å². The SMILES string of the molecule is c1ccc(-c2nc(-c3ccc(-c4ccc(-c5cccc6c5ccc5cccnc56)cc4)cc3)nc3c2sc2ccccc23)cc1.c1ccc(-c2nc(-c3ccc(-c4ccc(-c5cccc6c5ccc5cccnc56)cc4)cc3)nc3ccccc23)cc1.c1ccc(-c2nc3ccccc3nc2-c2cccc(-c3ccc(-c4cccc5c4ccc4cccnc45)cc3)c2)cc1. The number of benzene rings is 18. The lowest BCUT2D eigenvalue weighted by molar-refractivity contribution is 1.23. The maximum atomic E-state index is 5.12. The van der Waals surface area contributed by atoms with Gasteiger partial charge in [0.15, 0.2) is 11.6 Å². The minimum atomic E-state index is 0.729. The summed E-state index contributed by atoms with van der Waals surface area (Å²) in [5, 5.41) is 12.9. The van der Waals surface area contributed by atoms with Crippen LogP contribution in [0.2, 0.25) is 0 Å². The Morgan fingerprint density at radius 1 is 0.163 bits per heavy atom. The van der Waals surface area contributed by atoms with E-state index in [1.165, 1.54) is 86.9 Å². The molecule has 10 heteroatoms. The second-order valence-corrected chi connectivity index (χ2v) is 33.2. The zero-order valence-electron chi connectivity index (χ0n) is 69.7. The van der Waals surface area contributed by atoms with Gasteiger partial charge in [0.05, 0.1) is 66.1 Å². The standard InChI is InChI=1S/C41H25N3S.2C39H25N3/c1-2-8-29(9-3-1)38-40-39(35-11-4-5-14-36(35)45-40)44-41(43-38)31-21-17-27(18-22-31)26-15-19-28(20-16-26)32-12-6-13-34-33(32)24-23-30-10-7-25-42-37(30)34;1-2-9-28(10-3-1)38-39(42-36-17-5-4-16-35(36)41-38)31-12-6-11-30(25-31)26-18-20-27(21-19-26)32-14-7-15-34-33(32)23-22-29-13-8-24-40-37(29)34;1-2-8-29(9-3-1)38-35-11-4-5-14-36(35)41-39(42-38)31-21-17-27(18-22-31)26-15-19-28(20-16-26)32-12-6-13-34-33(32)24-23-30-10-7-25-40-37(30)34/h1-25H;2*1-25H. The van der Waals surface area contributed by atoms with Crippen molar-refractivity contribution in [2.24, 2.45) is 0 Å². The van der Waals surface area contributed by atoms with Crippen molar-refractivity contribution < 1.29 is 0 Å². The predicted octanol–water partition coefficient (Wildman–Crippen LogP) is 31.2. The number of hydrogen-bond donors (Lipinski definition) is 0. The minimum Gasteiger partial charge on any atom is -0.256 e. The summed E-state index contributed by atoms with van der Waals surface area (Å²) in [6.07, 6.45) is 5.60. The first kappa shape index (κ1) is 76.8. The number of thiophene rings is 1. The van der Waals surface area contributed by atoms with Crippen LogP contribution >= 0.6 is 11.3 Å². The molecule has 7 aromatic heterocycles. The van der Waals surface area contributed by atoms with Crippen molar-refractivity contribution in [1.82, 2.24) is 44.9 Å². The summed E-state index contributed by atoms with van der Waals surface area (Å²) in [5.74, 6) is 1.47. The smallest absolute Gasteiger partial charge is 0.160 e. The van der Waals surface area contributed by atoms with Gasteiger partial charge in [0.1, 0.15) is 0 Å². The van der Waals surface area contributed by atoms with Crippen molar-refractivity contribution in [3.8, 4) is 135 Å². The average Bonchev–Trinajstić information content (AvgIpc) is 1.67. The molecule has 602 valence electrons. The Balaban J connectivity index is 0.000000111. The molecule has 0 spiro atoms. The Labute approximate surface area is 748 Å².